The number of pyridine rings is 2. The Balaban J connectivity index is 1.96. The molecule has 0 aliphatic rings. The largest absolute Gasteiger partial charge is 0.417 e. The van der Waals surface area contributed by atoms with Crippen LogP contribution in [0.25, 0.3) is 0 Å². The van der Waals surface area contributed by atoms with E-state index in [1.165, 1.54) is 12.4 Å². The van der Waals surface area contributed by atoms with E-state index in [1.807, 2.05) is 0 Å². The van der Waals surface area contributed by atoms with Crippen LogP contribution in [-0.4, -0.2) is 24.9 Å². The molecule has 0 saturated carbocycles. The molecule has 0 amide bonds. The number of nitro groups is 1. The highest BCUT2D eigenvalue weighted by atomic mass is 35.5. The molecule has 0 bridgehead atoms. The lowest BCUT2D eigenvalue weighted by atomic mass is 10.2. The summed E-state index contributed by atoms with van der Waals surface area (Å²) in [5, 5.41) is 16.4. The van der Waals surface area contributed by atoms with E-state index in [-0.39, 0.29) is 22.5 Å². The van der Waals surface area contributed by atoms with Crippen molar-refractivity contribution in [2.45, 2.75) is 6.18 Å². The van der Waals surface area contributed by atoms with E-state index in [1.54, 1.807) is 12.1 Å². The van der Waals surface area contributed by atoms with Gasteiger partial charge in [0.2, 0.25) is 11.6 Å². The van der Waals surface area contributed by atoms with Crippen LogP contribution >= 0.6 is 11.6 Å². The molecule has 2 N–H and O–H groups in total. The minimum atomic E-state index is -4.63. The fraction of sp³-hybridized carbons (Fsp3) is 0.0667. The lowest BCUT2D eigenvalue weighted by Gasteiger charge is -2.12. The van der Waals surface area contributed by atoms with Crippen LogP contribution in [0, 0.1) is 10.1 Å². The van der Waals surface area contributed by atoms with Gasteiger partial charge in [0.05, 0.1) is 15.5 Å². The van der Waals surface area contributed by atoms with Gasteiger partial charge in [-0.25, -0.2) is 15.0 Å². The zero-order valence-electron chi connectivity index (χ0n) is 13.6. The molecule has 13 heteroatoms. The summed E-state index contributed by atoms with van der Waals surface area (Å²) in [6.07, 6.45) is -0.0905. The summed E-state index contributed by atoms with van der Waals surface area (Å²) in [6.45, 7) is 0. The van der Waals surface area contributed by atoms with Crippen molar-refractivity contribution in [1.29, 1.82) is 0 Å². The summed E-state index contributed by atoms with van der Waals surface area (Å²) in [5.74, 6) is -0.672. The zero-order chi connectivity index (χ0) is 20.3. The molecule has 3 aromatic rings. The van der Waals surface area contributed by atoms with Gasteiger partial charge in [0.25, 0.3) is 0 Å². The van der Waals surface area contributed by atoms with Crippen molar-refractivity contribution in [3.8, 4) is 0 Å². The number of hydrogen-bond donors (Lipinski definition) is 2. The highest BCUT2D eigenvalue weighted by molar-refractivity contribution is 6.33. The molecular weight excluding hydrogens is 403 g/mol. The summed E-state index contributed by atoms with van der Waals surface area (Å²) in [7, 11) is 0. The van der Waals surface area contributed by atoms with Gasteiger partial charge < -0.3 is 10.6 Å². The molecule has 0 aliphatic carbocycles. The molecule has 0 aliphatic heterocycles. The molecule has 0 atom stereocenters. The maximum atomic E-state index is 12.7. The molecule has 0 radical (unpaired) electrons. The van der Waals surface area contributed by atoms with Crippen molar-refractivity contribution in [3.63, 3.8) is 0 Å². The van der Waals surface area contributed by atoms with Crippen molar-refractivity contribution < 1.29 is 18.1 Å². The zero-order valence-corrected chi connectivity index (χ0v) is 14.4. The van der Waals surface area contributed by atoms with Crippen molar-refractivity contribution in [2.75, 3.05) is 10.6 Å². The highest BCUT2D eigenvalue weighted by Gasteiger charge is 2.32. The first-order valence-corrected chi connectivity index (χ1v) is 7.79. The molecular formula is C15H9ClF3N7O2. The first-order chi connectivity index (χ1) is 13.3. The van der Waals surface area contributed by atoms with Crippen LogP contribution in [0.3, 0.4) is 0 Å². The van der Waals surface area contributed by atoms with Gasteiger partial charge >= 0.3 is 11.9 Å². The van der Waals surface area contributed by atoms with Crippen molar-refractivity contribution in [1.82, 2.24) is 19.9 Å². The summed E-state index contributed by atoms with van der Waals surface area (Å²) < 4.78 is 38.1. The minimum Gasteiger partial charge on any atom is -0.334 e. The van der Waals surface area contributed by atoms with Crippen LogP contribution in [0.5, 0.6) is 0 Å². The number of nitrogens with zero attached hydrogens (tertiary/aromatic N) is 5. The Bertz CT molecular complexity index is 1020. The van der Waals surface area contributed by atoms with Gasteiger partial charge in [0, 0.05) is 24.3 Å². The van der Waals surface area contributed by atoms with Crippen molar-refractivity contribution in [3.05, 3.63) is 63.8 Å². The van der Waals surface area contributed by atoms with Gasteiger partial charge in [0.15, 0.2) is 5.82 Å². The van der Waals surface area contributed by atoms with Crippen molar-refractivity contribution >= 4 is 40.4 Å². The number of nitrogens with one attached hydrogen (secondary N) is 2. The fourth-order valence-electron chi connectivity index (χ4n) is 2.10. The van der Waals surface area contributed by atoms with E-state index in [0.29, 0.717) is 18.0 Å². The normalized spacial score (nSPS) is 11.1. The van der Waals surface area contributed by atoms with Crippen molar-refractivity contribution in [2.24, 2.45) is 0 Å². The van der Waals surface area contributed by atoms with E-state index < -0.39 is 22.4 Å². The molecule has 0 saturated heterocycles. The molecule has 144 valence electrons. The third-order valence-corrected chi connectivity index (χ3v) is 3.64. The van der Waals surface area contributed by atoms with Gasteiger partial charge in [-0.1, -0.05) is 11.6 Å². The smallest absolute Gasteiger partial charge is 0.334 e. The van der Waals surface area contributed by atoms with Crippen LogP contribution in [0.15, 0.2) is 43.1 Å². The Morgan fingerprint density at radius 2 is 1.68 bits per heavy atom. The third kappa shape index (κ3) is 4.23. The predicted octanol–water partition coefficient (Wildman–Crippen LogP) is 4.33. The summed E-state index contributed by atoms with van der Waals surface area (Å²) >= 11 is 5.83. The molecule has 0 fully saturated rings. The molecule has 0 spiro atoms. The number of hydrogen-bond acceptors (Lipinski definition) is 8. The van der Waals surface area contributed by atoms with E-state index in [0.717, 1.165) is 6.33 Å². The molecule has 3 aromatic heterocycles. The monoisotopic (exact) mass is 411 g/mol. The number of aromatic nitrogens is 4. The van der Waals surface area contributed by atoms with Crippen LogP contribution in [0.1, 0.15) is 5.56 Å². The summed E-state index contributed by atoms with van der Waals surface area (Å²) in [4.78, 5) is 25.8. The molecule has 3 rings (SSSR count). The third-order valence-electron chi connectivity index (χ3n) is 3.35. The Hall–Kier alpha value is -3.54. The van der Waals surface area contributed by atoms with Crippen LogP contribution in [-0.2, 0) is 6.18 Å². The number of halogens is 4. The Labute approximate surface area is 159 Å². The molecule has 3 heterocycles. The van der Waals surface area contributed by atoms with Crippen LogP contribution < -0.4 is 10.6 Å². The first kappa shape index (κ1) is 19.2. The Morgan fingerprint density at radius 3 is 2.25 bits per heavy atom. The van der Waals surface area contributed by atoms with Crippen LogP contribution in [0.4, 0.5) is 42.0 Å². The minimum absolute atomic E-state index is 0.142. The lowest BCUT2D eigenvalue weighted by Crippen LogP contribution is -2.08. The van der Waals surface area contributed by atoms with Gasteiger partial charge in [-0.05, 0) is 18.2 Å². The Kier molecular flexibility index (Phi) is 5.22. The maximum Gasteiger partial charge on any atom is 0.417 e. The second-order valence-electron chi connectivity index (χ2n) is 5.21. The highest BCUT2D eigenvalue weighted by Crippen LogP contribution is 2.36. The molecule has 28 heavy (non-hydrogen) atoms. The topological polar surface area (TPSA) is 119 Å². The van der Waals surface area contributed by atoms with Gasteiger partial charge in [-0.2, -0.15) is 13.2 Å². The lowest BCUT2D eigenvalue weighted by molar-refractivity contribution is -0.383. The SMILES string of the molecule is O=[N+]([O-])c1c(Nc2ccncc2)ncnc1Nc1ncc(C(F)(F)F)cc1Cl. The quantitative estimate of drug-likeness (QED) is 0.470. The van der Waals surface area contributed by atoms with E-state index >= 15 is 0 Å². The predicted molar refractivity (Wildman–Crippen MR) is 93.7 cm³/mol. The van der Waals surface area contributed by atoms with Gasteiger partial charge in [0.1, 0.15) is 6.33 Å². The average Bonchev–Trinajstić information content (AvgIpc) is 2.63. The van der Waals surface area contributed by atoms with E-state index in [4.69, 9.17) is 11.6 Å². The molecule has 0 aromatic carbocycles. The van der Waals surface area contributed by atoms with Gasteiger partial charge in [-0.15, -0.1) is 0 Å². The van der Waals surface area contributed by atoms with E-state index in [2.05, 4.69) is 30.6 Å². The number of rotatable bonds is 5. The maximum absolute atomic E-state index is 12.7. The molecule has 9 nitrogen and oxygen atoms in total. The first-order valence-electron chi connectivity index (χ1n) is 7.42. The molecule has 0 unspecified atom stereocenters. The van der Waals surface area contributed by atoms with Gasteiger partial charge in [-0.3, -0.25) is 15.1 Å². The second kappa shape index (κ2) is 7.60. The average molecular weight is 412 g/mol. The number of anilines is 4. The standard InChI is InChI=1S/C15H9ClF3N7O2/c16-10-5-8(15(17,18)19)6-21-12(10)25-14-11(26(27)28)13(22-7-23-14)24-9-1-3-20-4-2-9/h1-7H,(H2,20,21,22,23,24,25). The Morgan fingerprint density at radius 1 is 1.04 bits per heavy atom. The van der Waals surface area contributed by atoms with Crippen LogP contribution in [0.2, 0.25) is 5.02 Å². The van der Waals surface area contributed by atoms with E-state index in [9.17, 15) is 23.3 Å². The summed E-state index contributed by atoms with van der Waals surface area (Å²) in [5.41, 5.74) is -1.12. The fourth-order valence-corrected chi connectivity index (χ4v) is 2.32. The number of alkyl halides is 3. The summed E-state index contributed by atoms with van der Waals surface area (Å²) in [6, 6.07) is 3.78. The second-order valence-corrected chi connectivity index (χ2v) is 5.62.